The van der Waals surface area contributed by atoms with Crippen LogP contribution < -0.4 is 10.2 Å². The molecule has 0 amide bonds. The number of nitrogens with one attached hydrogen (secondary N) is 1. The number of nitrogens with zero attached hydrogens (tertiary/aromatic N) is 2. The Bertz CT molecular complexity index is 638. The monoisotopic (exact) mass is 311 g/mol. The van der Waals surface area contributed by atoms with E-state index in [0.717, 1.165) is 31.0 Å². The summed E-state index contributed by atoms with van der Waals surface area (Å²) < 4.78 is 0. The third-order valence-electron chi connectivity index (χ3n) is 4.49. The van der Waals surface area contributed by atoms with E-state index in [2.05, 4.69) is 46.4 Å². The van der Waals surface area contributed by atoms with Crippen molar-refractivity contribution in [3.8, 4) is 0 Å². The molecule has 1 aromatic heterocycles. The Balaban J connectivity index is 1.62. The summed E-state index contributed by atoms with van der Waals surface area (Å²) >= 11 is 0. The summed E-state index contributed by atoms with van der Waals surface area (Å²) in [5.41, 5.74) is 3.41. The first kappa shape index (κ1) is 16.0. The van der Waals surface area contributed by atoms with E-state index in [9.17, 15) is 5.11 Å². The Morgan fingerprint density at radius 1 is 1.17 bits per heavy atom. The summed E-state index contributed by atoms with van der Waals surface area (Å²) in [6.07, 6.45) is 4.44. The lowest BCUT2D eigenvalue weighted by Crippen LogP contribution is -2.21. The summed E-state index contributed by atoms with van der Waals surface area (Å²) in [4.78, 5) is 6.86. The van der Waals surface area contributed by atoms with Crippen molar-refractivity contribution in [2.24, 2.45) is 0 Å². The standard InChI is InChI=1S/C19H25N3O/c1-15(18-6-4-5-17(11-18)14-23)21-13-16-7-8-20-19(12-16)22-9-2-3-10-22/h4-8,11-12,15,21,23H,2-3,9-10,13-14H2,1H3. The number of aliphatic hydroxyl groups is 1. The highest BCUT2D eigenvalue weighted by Crippen LogP contribution is 2.19. The largest absolute Gasteiger partial charge is 0.392 e. The van der Waals surface area contributed by atoms with E-state index in [1.54, 1.807) is 0 Å². The van der Waals surface area contributed by atoms with E-state index < -0.39 is 0 Å². The van der Waals surface area contributed by atoms with Crippen LogP contribution in [0.25, 0.3) is 0 Å². The SMILES string of the molecule is CC(NCc1ccnc(N2CCCC2)c1)c1cccc(CO)c1. The Hall–Kier alpha value is -1.91. The van der Waals surface area contributed by atoms with Crippen LogP contribution in [-0.2, 0) is 13.2 Å². The lowest BCUT2D eigenvalue weighted by atomic mass is 10.1. The van der Waals surface area contributed by atoms with E-state index in [0.29, 0.717) is 0 Å². The molecule has 1 aliphatic rings. The maximum absolute atomic E-state index is 9.25. The predicted octanol–water partition coefficient (Wildman–Crippen LogP) is 3.02. The van der Waals surface area contributed by atoms with Crippen molar-refractivity contribution < 1.29 is 5.11 Å². The lowest BCUT2D eigenvalue weighted by molar-refractivity contribution is 0.281. The van der Waals surface area contributed by atoms with Gasteiger partial charge in [-0.25, -0.2) is 4.98 Å². The van der Waals surface area contributed by atoms with Gasteiger partial charge in [0.25, 0.3) is 0 Å². The second-order valence-corrected chi connectivity index (χ2v) is 6.22. The Morgan fingerprint density at radius 2 is 2.00 bits per heavy atom. The second kappa shape index (κ2) is 7.57. The molecule has 122 valence electrons. The molecule has 2 heterocycles. The number of hydrogen-bond donors (Lipinski definition) is 2. The number of aliphatic hydroxyl groups excluding tert-OH is 1. The molecule has 4 nitrogen and oxygen atoms in total. The van der Waals surface area contributed by atoms with Gasteiger partial charge in [0.2, 0.25) is 0 Å². The fourth-order valence-electron chi connectivity index (χ4n) is 3.04. The number of anilines is 1. The second-order valence-electron chi connectivity index (χ2n) is 6.22. The van der Waals surface area contributed by atoms with Gasteiger partial charge in [-0.3, -0.25) is 0 Å². The average molecular weight is 311 g/mol. The number of benzene rings is 1. The molecule has 1 aromatic carbocycles. The molecule has 1 unspecified atom stereocenters. The fourth-order valence-corrected chi connectivity index (χ4v) is 3.04. The van der Waals surface area contributed by atoms with Crippen LogP contribution in [0, 0.1) is 0 Å². The third kappa shape index (κ3) is 4.09. The van der Waals surface area contributed by atoms with Crippen molar-refractivity contribution >= 4 is 5.82 Å². The Morgan fingerprint density at radius 3 is 2.78 bits per heavy atom. The number of hydrogen-bond acceptors (Lipinski definition) is 4. The van der Waals surface area contributed by atoms with E-state index in [4.69, 9.17) is 0 Å². The molecule has 1 aliphatic heterocycles. The van der Waals surface area contributed by atoms with Crippen molar-refractivity contribution in [2.75, 3.05) is 18.0 Å². The molecule has 1 atom stereocenters. The highest BCUT2D eigenvalue weighted by molar-refractivity contribution is 5.41. The first-order valence-corrected chi connectivity index (χ1v) is 8.39. The van der Waals surface area contributed by atoms with Crippen molar-refractivity contribution in [2.45, 2.75) is 39.0 Å². The minimum Gasteiger partial charge on any atom is -0.392 e. The third-order valence-corrected chi connectivity index (χ3v) is 4.49. The van der Waals surface area contributed by atoms with Crippen LogP contribution in [0.4, 0.5) is 5.82 Å². The van der Waals surface area contributed by atoms with Crippen LogP contribution in [0.2, 0.25) is 0 Å². The van der Waals surface area contributed by atoms with Gasteiger partial charge in [-0.15, -0.1) is 0 Å². The summed E-state index contributed by atoms with van der Waals surface area (Å²) in [5, 5.41) is 12.8. The molecule has 0 spiro atoms. The molecule has 1 fully saturated rings. The van der Waals surface area contributed by atoms with Crippen molar-refractivity contribution in [3.05, 3.63) is 59.3 Å². The van der Waals surface area contributed by atoms with E-state index in [1.165, 1.54) is 24.0 Å². The molecule has 0 radical (unpaired) electrons. The van der Waals surface area contributed by atoms with Crippen LogP contribution in [0.3, 0.4) is 0 Å². The molecule has 4 heteroatoms. The first-order valence-electron chi connectivity index (χ1n) is 8.39. The van der Waals surface area contributed by atoms with E-state index in [-0.39, 0.29) is 12.6 Å². The van der Waals surface area contributed by atoms with Crippen LogP contribution in [-0.4, -0.2) is 23.2 Å². The van der Waals surface area contributed by atoms with Gasteiger partial charge in [0.15, 0.2) is 0 Å². The van der Waals surface area contributed by atoms with Gasteiger partial charge in [-0.2, -0.15) is 0 Å². The number of rotatable bonds is 6. The first-order chi connectivity index (χ1) is 11.3. The fraction of sp³-hybridized carbons (Fsp3) is 0.421. The normalized spacial score (nSPS) is 15.8. The topological polar surface area (TPSA) is 48.4 Å². The van der Waals surface area contributed by atoms with Gasteiger partial charge in [0.05, 0.1) is 6.61 Å². The molecule has 0 saturated carbocycles. The molecular formula is C19H25N3O. The summed E-state index contributed by atoms with van der Waals surface area (Å²) in [7, 11) is 0. The van der Waals surface area contributed by atoms with Crippen LogP contribution in [0.15, 0.2) is 42.6 Å². The number of aromatic nitrogens is 1. The molecule has 3 rings (SSSR count). The van der Waals surface area contributed by atoms with Gasteiger partial charge >= 0.3 is 0 Å². The van der Waals surface area contributed by atoms with Crippen LogP contribution in [0.5, 0.6) is 0 Å². The maximum Gasteiger partial charge on any atom is 0.128 e. The molecule has 0 bridgehead atoms. The van der Waals surface area contributed by atoms with Gasteiger partial charge in [0.1, 0.15) is 5.82 Å². The number of pyridine rings is 1. The molecule has 23 heavy (non-hydrogen) atoms. The zero-order valence-electron chi connectivity index (χ0n) is 13.7. The molecule has 2 aromatic rings. The van der Waals surface area contributed by atoms with Gasteiger partial charge in [-0.05, 0) is 48.6 Å². The lowest BCUT2D eigenvalue weighted by Gasteiger charge is -2.18. The quantitative estimate of drug-likeness (QED) is 0.861. The Labute approximate surface area is 138 Å². The zero-order chi connectivity index (χ0) is 16.1. The van der Waals surface area contributed by atoms with Gasteiger partial charge in [-0.1, -0.05) is 24.3 Å². The van der Waals surface area contributed by atoms with E-state index >= 15 is 0 Å². The molecule has 2 N–H and O–H groups in total. The average Bonchev–Trinajstić information content (AvgIpc) is 3.14. The van der Waals surface area contributed by atoms with Crippen molar-refractivity contribution in [1.29, 1.82) is 0 Å². The van der Waals surface area contributed by atoms with Gasteiger partial charge < -0.3 is 15.3 Å². The summed E-state index contributed by atoms with van der Waals surface area (Å²) in [5.74, 6) is 1.09. The van der Waals surface area contributed by atoms with Crippen molar-refractivity contribution in [3.63, 3.8) is 0 Å². The van der Waals surface area contributed by atoms with Crippen LogP contribution in [0.1, 0.15) is 42.5 Å². The highest BCUT2D eigenvalue weighted by Gasteiger charge is 2.13. The minimum atomic E-state index is 0.0874. The highest BCUT2D eigenvalue weighted by atomic mass is 16.3. The molecular weight excluding hydrogens is 286 g/mol. The van der Waals surface area contributed by atoms with Gasteiger partial charge in [0, 0.05) is 31.9 Å². The van der Waals surface area contributed by atoms with Crippen molar-refractivity contribution in [1.82, 2.24) is 10.3 Å². The smallest absolute Gasteiger partial charge is 0.128 e. The molecule has 0 aliphatic carbocycles. The minimum absolute atomic E-state index is 0.0874. The zero-order valence-corrected chi connectivity index (χ0v) is 13.7. The summed E-state index contributed by atoms with van der Waals surface area (Å²) in [6.45, 7) is 5.29. The van der Waals surface area contributed by atoms with E-state index in [1.807, 2.05) is 18.3 Å². The Kier molecular flexibility index (Phi) is 5.26. The summed E-state index contributed by atoms with van der Waals surface area (Å²) in [6, 6.07) is 12.6. The predicted molar refractivity (Wildman–Crippen MR) is 93.3 cm³/mol. The van der Waals surface area contributed by atoms with Crippen LogP contribution >= 0.6 is 0 Å². The molecule has 1 saturated heterocycles. The maximum atomic E-state index is 9.25.